The summed E-state index contributed by atoms with van der Waals surface area (Å²) in [7, 11) is 0. The van der Waals surface area contributed by atoms with Crippen molar-refractivity contribution in [1.29, 1.82) is 0 Å². The number of ether oxygens (including phenoxy) is 7. The number of aliphatic hydroxyl groups is 12. The third-order valence-corrected chi connectivity index (χ3v) is 9.01. The molecule has 4 rings (SSSR count). The van der Waals surface area contributed by atoms with Crippen LogP contribution in [0, 0.1) is 0 Å². The molecule has 14 N–H and O–H groups in total. The predicted octanol–water partition coefficient (Wildman–Crippen LogP) is -9.46. The molecule has 4 aliphatic heterocycles. The Hall–Kier alpha value is -1.82. The van der Waals surface area contributed by atoms with Crippen LogP contribution in [0.25, 0.3) is 0 Å². The second-order valence-corrected chi connectivity index (χ2v) is 12.6. The van der Waals surface area contributed by atoms with E-state index in [9.17, 15) is 70.9 Å². The molecule has 296 valence electrons. The molecule has 0 aliphatic carbocycles. The average Bonchev–Trinajstić information content (AvgIpc) is 3.09. The molecule has 0 saturated carbocycles. The lowest BCUT2D eigenvalue weighted by atomic mass is 9.94. The first-order valence-electron chi connectivity index (χ1n) is 16.1. The lowest BCUT2D eigenvalue weighted by Crippen LogP contribution is -2.70. The minimum atomic E-state index is -2.03. The first-order chi connectivity index (χ1) is 24.1. The lowest BCUT2D eigenvalue weighted by Gasteiger charge is -2.50. The van der Waals surface area contributed by atoms with E-state index in [0.717, 1.165) is 13.8 Å². The second-order valence-electron chi connectivity index (χ2n) is 12.6. The molecule has 0 unspecified atom stereocenters. The van der Waals surface area contributed by atoms with Crippen molar-refractivity contribution in [2.75, 3.05) is 26.4 Å². The molecule has 4 saturated heterocycles. The highest BCUT2D eigenvalue weighted by Gasteiger charge is 2.55. The maximum Gasteiger partial charge on any atom is 0.217 e. The number of hydrogen-bond acceptors (Lipinski definition) is 21. The highest BCUT2D eigenvalue weighted by molar-refractivity contribution is 5.73. The molecule has 4 fully saturated rings. The summed E-state index contributed by atoms with van der Waals surface area (Å²) in [5.41, 5.74) is 0. The van der Waals surface area contributed by atoms with Gasteiger partial charge in [0.2, 0.25) is 11.8 Å². The van der Waals surface area contributed by atoms with Crippen LogP contribution >= 0.6 is 0 Å². The van der Waals surface area contributed by atoms with Crippen molar-refractivity contribution in [2.24, 2.45) is 0 Å². The highest BCUT2D eigenvalue weighted by atomic mass is 16.8. The first-order valence-corrected chi connectivity index (χ1v) is 16.1. The summed E-state index contributed by atoms with van der Waals surface area (Å²) in [5, 5.41) is 129. The summed E-state index contributed by atoms with van der Waals surface area (Å²) in [6.45, 7) is -1.26. The maximum atomic E-state index is 12.2. The largest absolute Gasteiger partial charge is 0.394 e. The zero-order chi connectivity index (χ0) is 37.9. The van der Waals surface area contributed by atoms with Crippen molar-refractivity contribution in [2.45, 2.75) is 137 Å². The fourth-order valence-corrected chi connectivity index (χ4v) is 6.36. The Morgan fingerprint density at radius 1 is 0.471 bits per heavy atom. The molecule has 0 aromatic heterocycles. The molecule has 4 aliphatic rings. The van der Waals surface area contributed by atoms with Crippen molar-refractivity contribution in [3.8, 4) is 0 Å². The third-order valence-electron chi connectivity index (χ3n) is 9.01. The Labute approximate surface area is 289 Å². The van der Waals surface area contributed by atoms with E-state index in [4.69, 9.17) is 33.2 Å². The highest BCUT2D eigenvalue weighted by Crippen LogP contribution is 2.34. The zero-order valence-corrected chi connectivity index (χ0v) is 27.4. The fraction of sp³-hybridized carbons (Fsp3) is 0.929. The van der Waals surface area contributed by atoms with E-state index >= 15 is 0 Å². The van der Waals surface area contributed by atoms with Crippen LogP contribution < -0.4 is 10.6 Å². The molecular formula is C28H48N2O21. The van der Waals surface area contributed by atoms with E-state index in [1.807, 2.05) is 0 Å². The van der Waals surface area contributed by atoms with Gasteiger partial charge in [-0.05, 0) is 0 Å². The fourth-order valence-electron chi connectivity index (χ4n) is 6.36. The van der Waals surface area contributed by atoms with Gasteiger partial charge in [0.25, 0.3) is 0 Å². The van der Waals surface area contributed by atoms with E-state index in [0.29, 0.717) is 0 Å². The molecule has 51 heavy (non-hydrogen) atoms. The van der Waals surface area contributed by atoms with Gasteiger partial charge < -0.3 is 105 Å². The zero-order valence-electron chi connectivity index (χ0n) is 27.4. The van der Waals surface area contributed by atoms with Gasteiger partial charge in [0.15, 0.2) is 25.2 Å². The summed E-state index contributed by atoms with van der Waals surface area (Å²) in [4.78, 5) is 23.8. The monoisotopic (exact) mass is 748 g/mol. The normalized spacial score (nSPS) is 47.8. The maximum absolute atomic E-state index is 12.2. The molecule has 0 aromatic rings. The summed E-state index contributed by atoms with van der Waals surface area (Å²) in [6.07, 6.45) is -31.1. The minimum Gasteiger partial charge on any atom is -0.394 e. The van der Waals surface area contributed by atoms with Crippen molar-refractivity contribution >= 4 is 11.8 Å². The Balaban J connectivity index is 1.51. The van der Waals surface area contributed by atoms with Crippen LogP contribution in [0.15, 0.2) is 0 Å². The van der Waals surface area contributed by atoms with Gasteiger partial charge >= 0.3 is 0 Å². The SMILES string of the molecule is CC(=O)N[C@@H]1[C@@H](O)[C@H](O[C@@H]2O[C@H](CO)[C@@H](O[C@@H]3O[C@H](CO)[C@@H](O[C@@H]4O[C@H](CO)[C@@H](O)[C@H](O)[C@H]4O)[C@H](O)[C@H]3NC(C)=O)[C@H](O)[C@H]2O)[C@@H](CO)O[C@H]1O. The van der Waals surface area contributed by atoms with E-state index in [-0.39, 0.29) is 0 Å². The van der Waals surface area contributed by atoms with Crippen LogP contribution in [0.5, 0.6) is 0 Å². The van der Waals surface area contributed by atoms with Crippen molar-refractivity contribution in [3.05, 3.63) is 0 Å². The molecule has 4 heterocycles. The summed E-state index contributed by atoms with van der Waals surface area (Å²) in [6, 6.07) is -3.03. The molecule has 0 aromatic carbocycles. The molecule has 20 atom stereocenters. The molecule has 0 spiro atoms. The van der Waals surface area contributed by atoms with Gasteiger partial charge in [-0.1, -0.05) is 0 Å². The van der Waals surface area contributed by atoms with Gasteiger partial charge in [0.05, 0.1) is 26.4 Å². The van der Waals surface area contributed by atoms with Crippen LogP contribution in [0.2, 0.25) is 0 Å². The molecule has 0 bridgehead atoms. The minimum absolute atomic E-state index is 0.657. The van der Waals surface area contributed by atoms with E-state index < -0.39 is 161 Å². The van der Waals surface area contributed by atoms with E-state index in [1.165, 1.54) is 0 Å². The molecule has 2 amide bonds. The van der Waals surface area contributed by atoms with Crippen LogP contribution in [-0.2, 0) is 42.7 Å². The van der Waals surface area contributed by atoms with E-state index in [2.05, 4.69) is 10.6 Å². The molecule has 23 heteroatoms. The average molecular weight is 749 g/mol. The Morgan fingerprint density at radius 2 is 0.843 bits per heavy atom. The van der Waals surface area contributed by atoms with Gasteiger partial charge in [0, 0.05) is 13.8 Å². The first kappa shape index (κ1) is 41.9. The number of carbonyl (C=O) groups excluding carboxylic acids is 2. The standard InChI is InChI=1S/C28H48N2O21/c1-7(35)29-13-16(38)22(10(4-32)45-25(13)44)50-28-21(43)19(41)24(12(6-34)48-28)49-26-14(30-8(2)36)17(39)23(11(5-33)47-26)51-27-20(42)18(40)15(37)9(3-31)46-27/h9-28,31-34,37-44H,3-6H2,1-2H3,(H,29,35)(H,30,36)/t9-,10-,11-,12-,13-,14-,15-,16-,17-,18+,19-,20-,21-,22-,23-,24-,25-,26+,27+,28+/m1/s1. The number of carbonyl (C=O) groups is 2. The summed E-state index contributed by atoms with van der Waals surface area (Å²) >= 11 is 0. The smallest absolute Gasteiger partial charge is 0.217 e. The third kappa shape index (κ3) is 9.11. The van der Waals surface area contributed by atoms with Gasteiger partial charge in [0.1, 0.15) is 97.5 Å². The topological polar surface area (TPSA) is 366 Å². The number of aliphatic hydroxyl groups excluding tert-OH is 12. The molecule has 0 radical (unpaired) electrons. The Morgan fingerprint density at radius 3 is 1.33 bits per heavy atom. The molecular weight excluding hydrogens is 700 g/mol. The van der Waals surface area contributed by atoms with Crippen molar-refractivity contribution in [1.82, 2.24) is 10.6 Å². The summed E-state index contributed by atoms with van der Waals surface area (Å²) < 4.78 is 39.1. The Kier molecular flexibility index (Phi) is 14.8. The van der Waals surface area contributed by atoms with Gasteiger partial charge in [-0.2, -0.15) is 0 Å². The van der Waals surface area contributed by atoms with Crippen LogP contribution in [0.4, 0.5) is 0 Å². The number of nitrogens with one attached hydrogen (secondary N) is 2. The van der Waals surface area contributed by atoms with Gasteiger partial charge in [-0.3, -0.25) is 9.59 Å². The second kappa shape index (κ2) is 18.0. The van der Waals surface area contributed by atoms with Gasteiger partial charge in [-0.25, -0.2) is 0 Å². The number of hydrogen-bond donors (Lipinski definition) is 14. The number of rotatable bonds is 12. The lowest BCUT2D eigenvalue weighted by molar-refractivity contribution is -0.376. The van der Waals surface area contributed by atoms with Crippen LogP contribution in [0.3, 0.4) is 0 Å². The van der Waals surface area contributed by atoms with Crippen molar-refractivity contribution < 1.29 is 104 Å². The number of amides is 2. The van der Waals surface area contributed by atoms with Gasteiger partial charge in [-0.15, -0.1) is 0 Å². The predicted molar refractivity (Wildman–Crippen MR) is 157 cm³/mol. The quantitative estimate of drug-likeness (QED) is 0.0881. The van der Waals surface area contributed by atoms with E-state index in [1.54, 1.807) is 0 Å². The van der Waals surface area contributed by atoms with Crippen molar-refractivity contribution in [3.63, 3.8) is 0 Å². The van der Waals surface area contributed by atoms with Crippen LogP contribution in [-0.4, -0.2) is 222 Å². The molecule has 23 nitrogen and oxygen atoms in total. The Bertz CT molecular complexity index is 1140. The van der Waals surface area contributed by atoms with Crippen LogP contribution in [0.1, 0.15) is 13.8 Å². The summed E-state index contributed by atoms with van der Waals surface area (Å²) in [5.74, 6) is -1.40.